The molecule has 2 heterocycles. The average Bonchev–Trinajstić information content (AvgIpc) is 3.16. The zero-order chi connectivity index (χ0) is 18.2. The SMILES string of the molecule is Cc1c(SCCN(C)CC2CCCCC2)ccnc1CSc1ncc[nH]1. The second kappa shape index (κ2) is 10.4. The van der Waals surface area contributed by atoms with Gasteiger partial charge in [0, 0.05) is 48.1 Å². The van der Waals surface area contributed by atoms with Crippen molar-refractivity contribution < 1.29 is 0 Å². The van der Waals surface area contributed by atoms with E-state index in [0.717, 1.165) is 34.8 Å². The van der Waals surface area contributed by atoms with Gasteiger partial charge in [0.05, 0.1) is 5.69 Å². The summed E-state index contributed by atoms with van der Waals surface area (Å²) >= 11 is 3.67. The van der Waals surface area contributed by atoms with Gasteiger partial charge in [0.15, 0.2) is 5.16 Å². The summed E-state index contributed by atoms with van der Waals surface area (Å²) in [5.74, 6) is 2.92. The van der Waals surface area contributed by atoms with Gasteiger partial charge in [-0.15, -0.1) is 11.8 Å². The van der Waals surface area contributed by atoms with Crippen LogP contribution in [-0.4, -0.2) is 45.7 Å². The lowest BCUT2D eigenvalue weighted by atomic mass is 9.89. The summed E-state index contributed by atoms with van der Waals surface area (Å²) in [5.41, 5.74) is 2.47. The monoisotopic (exact) mass is 390 g/mol. The van der Waals surface area contributed by atoms with Crippen LogP contribution in [0, 0.1) is 12.8 Å². The van der Waals surface area contributed by atoms with Crippen LogP contribution in [0.15, 0.2) is 34.7 Å². The molecule has 4 nitrogen and oxygen atoms in total. The van der Waals surface area contributed by atoms with Crippen LogP contribution in [0.2, 0.25) is 0 Å². The maximum Gasteiger partial charge on any atom is 0.165 e. The van der Waals surface area contributed by atoms with Gasteiger partial charge >= 0.3 is 0 Å². The van der Waals surface area contributed by atoms with Crippen LogP contribution in [0.4, 0.5) is 0 Å². The minimum Gasteiger partial charge on any atom is -0.340 e. The minimum atomic E-state index is 0.856. The number of aromatic nitrogens is 3. The number of pyridine rings is 1. The van der Waals surface area contributed by atoms with E-state index >= 15 is 0 Å². The van der Waals surface area contributed by atoms with Gasteiger partial charge in [0.2, 0.25) is 0 Å². The third-order valence-corrected chi connectivity index (χ3v) is 7.16. The van der Waals surface area contributed by atoms with Crippen molar-refractivity contribution in [2.75, 3.05) is 25.9 Å². The maximum absolute atomic E-state index is 4.57. The minimum absolute atomic E-state index is 0.856. The molecule has 1 N–H and O–H groups in total. The topological polar surface area (TPSA) is 44.8 Å². The van der Waals surface area contributed by atoms with Crippen molar-refractivity contribution in [1.29, 1.82) is 0 Å². The smallest absolute Gasteiger partial charge is 0.165 e. The third-order valence-electron chi connectivity index (χ3n) is 5.10. The highest BCUT2D eigenvalue weighted by Crippen LogP contribution is 2.28. The van der Waals surface area contributed by atoms with Crippen LogP contribution in [-0.2, 0) is 5.75 Å². The molecule has 0 aliphatic heterocycles. The van der Waals surface area contributed by atoms with Crippen LogP contribution in [0.3, 0.4) is 0 Å². The number of nitrogens with one attached hydrogen (secondary N) is 1. The van der Waals surface area contributed by atoms with Crippen molar-refractivity contribution in [2.24, 2.45) is 5.92 Å². The summed E-state index contributed by atoms with van der Waals surface area (Å²) in [6.07, 6.45) is 12.8. The predicted molar refractivity (Wildman–Crippen MR) is 112 cm³/mol. The number of rotatable bonds is 9. The molecule has 1 aliphatic rings. The van der Waals surface area contributed by atoms with E-state index in [9.17, 15) is 0 Å². The van der Waals surface area contributed by atoms with Gasteiger partial charge in [-0.3, -0.25) is 4.98 Å². The maximum atomic E-state index is 4.57. The Bertz CT molecular complexity index is 654. The van der Waals surface area contributed by atoms with Crippen LogP contribution in [0.25, 0.3) is 0 Å². The van der Waals surface area contributed by atoms with Crippen molar-refractivity contribution in [3.8, 4) is 0 Å². The van der Waals surface area contributed by atoms with Gasteiger partial charge in [-0.1, -0.05) is 31.0 Å². The number of nitrogens with zero attached hydrogens (tertiary/aromatic N) is 3. The van der Waals surface area contributed by atoms with E-state index < -0.39 is 0 Å². The molecule has 1 saturated carbocycles. The fourth-order valence-corrected chi connectivity index (χ4v) is 5.51. The van der Waals surface area contributed by atoms with Gasteiger partial charge in [-0.25, -0.2) is 4.98 Å². The molecular formula is C20H30N4S2. The first-order chi connectivity index (χ1) is 12.7. The van der Waals surface area contributed by atoms with E-state index in [1.54, 1.807) is 18.0 Å². The van der Waals surface area contributed by atoms with Crippen LogP contribution in [0.5, 0.6) is 0 Å². The average molecular weight is 391 g/mol. The highest BCUT2D eigenvalue weighted by atomic mass is 32.2. The first-order valence-electron chi connectivity index (χ1n) is 9.60. The Kier molecular flexibility index (Phi) is 7.89. The summed E-state index contributed by atoms with van der Waals surface area (Å²) in [4.78, 5) is 15.9. The highest BCUT2D eigenvalue weighted by molar-refractivity contribution is 7.99. The number of imidazole rings is 1. The van der Waals surface area contributed by atoms with Crippen LogP contribution in [0.1, 0.15) is 43.4 Å². The van der Waals surface area contributed by atoms with Crippen molar-refractivity contribution in [3.05, 3.63) is 35.9 Å². The quantitative estimate of drug-likeness (QED) is 0.610. The van der Waals surface area contributed by atoms with E-state index in [1.807, 2.05) is 24.2 Å². The second-order valence-electron chi connectivity index (χ2n) is 7.18. The van der Waals surface area contributed by atoms with E-state index in [2.05, 4.69) is 39.9 Å². The van der Waals surface area contributed by atoms with Gasteiger partial charge in [-0.2, -0.15) is 0 Å². The molecule has 3 rings (SSSR count). The Morgan fingerprint density at radius 2 is 2.00 bits per heavy atom. The number of aromatic amines is 1. The lowest BCUT2D eigenvalue weighted by molar-refractivity contribution is 0.242. The van der Waals surface area contributed by atoms with Gasteiger partial charge in [0.1, 0.15) is 0 Å². The first kappa shape index (κ1) is 19.8. The Labute approximate surface area is 166 Å². The van der Waals surface area contributed by atoms with Crippen molar-refractivity contribution in [2.45, 2.75) is 54.8 Å². The first-order valence-corrected chi connectivity index (χ1v) is 11.6. The Balaban J connectivity index is 1.44. The summed E-state index contributed by atoms with van der Waals surface area (Å²) in [6, 6.07) is 2.15. The summed E-state index contributed by atoms with van der Waals surface area (Å²) in [6.45, 7) is 4.61. The molecule has 0 spiro atoms. The van der Waals surface area contributed by atoms with Gasteiger partial charge < -0.3 is 9.88 Å². The molecular weight excluding hydrogens is 360 g/mol. The molecule has 0 amide bonds. The molecule has 0 saturated heterocycles. The zero-order valence-corrected chi connectivity index (χ0v) is 17.5. The van der Waals surface area contributed by atoms with E-state index in [1.165, 1.54) is 49.1 Å². The summed E-state index contributed by atoms with van der Waals surface area (Å²) in [7, 11) is 2.28. The lowest BCUT2D eigenvalue weighted by Gasteiger charge is -2.26. The molecule has 0 bridgehead atoms. The normalized spacial score (nSPS) is 15.7. The molecule has 1 fully saturated rings. The summed E-state index contributed by atoms with van der Waals surface area (Å²) in [5, 5.41) is 0.952. The number of hydrogen-bond donors (Lipinski definition) is 1. The van der Waals surface area contributed by atoms with Gasteiger partial charge in [0.25, 0.3) is 0 Å². The fraction of sp³-hybridized carbons (Fsp3) is 0.600. The molecule has 142 valence electrons. The molecule has 0 atom stereocenters. The van der Waals surface area contributed by atoms with Crippen molar-refractivity contribution in [1.82, 2.24) is 19.9 Å². The van der Waals surface area contributed by atoms with Crippen molar-refractivity contribution in [3.63, 3.8) is 0 Å². The molecule has 2 aromatic heterocycles. The van der Waals surface area contributed by atoms with Crippen LogP contribution < -0.4 is 0 Å². The number of H-pyrrole nitrogens is 1. The zero-order valence-electron chi connectivity index (χ0n) is 15.9. The van der Waals surface area contributed by atoms with E-state index in [-0.39, 0.29) is 0 Å². The number of thioether (sulfide) groups is 2. The van der Waals surface area contributed by atoms with Crippen molar-refractivity contribution >= 4 is 23.5 Å². The molecule has 26 heavy (non-hydrogen) atoms. The lowest BCUT2D eigenvalue weighted by Crippen LogP contribution is -2.28. The molecule has 6 heteroatoms. The standard InChI is InChI=1S/C20H30N4S2/c1-16-18(15-26-20-22-10-11-23-20)21-9-8-19(16)25-13-12-24(2)14-17-6-4-3-5-7-17/h8-11,17H,3-7,12-15H2,1-2H3,(H,22,23). The van der Waals surface area contributed by atoms with Gasteiger partial charge in [-0.05, 0) is 44.4 Å². The number of hydrogen-bond acceptors (Lipinski definition) is 5. The molecule has 0 aromatic carbocycles. The Morgan fingerprint density at radius 3 is 2.77 bits per heavy atom. The van der Waals surface area contributed by atoms with E-state index in [0.29, 0.717) is 0 Å². The summed E-state index contributed by atoms with van der Waals surface area (Å²) < 4.78 is 0. The third kappa shape index (κ3) is 6.03. The van der Waals surface area contributed by atoms with Crippen LogP contribution >= 0.6 is 23.5 Å². The molecule has 0 unspecified atom stereocenters. The van der Waals surface area contributed by atoms with E-state index in [4.69, 9.17) is 0 Å². The molecule has 1 aliphatic carbocycles. The Hall–Kier alpha value is -0.980. The predicted octanol–water partition coefficient (Wildman–Crippen LogP) is 5.01. The molecule has 2 aromatic rings. The largest absolute Gasteiger partial charge is 0.340 e. The molecule has 0 radical (unpaired) electrons. The Morgan fingerprint density at radius 1 is 1.15 bits per heavy atom. The fourth-order valence-electron chi connectivity index (χ4n) is 3.54. The highest BCUT2D eigenvalue weighted by Gasteiger charge is 2.15. The second-order valence-corrected chi connectivity index (χ2v) is 9.28.